The van der Waals surface area contributed by atoms with E-state index in [1.54, 1.807) is 19.2 Å². The lowest BCUT2D eigenvalue weighted by Crippen LogP contribution is -2.33. The summed E-state index contributed by atoms with van der Waals surface area (Å²) in [5, 5.41) is 8.56. The summed E-state index contributed by atoms with van der Waals surface area (Å²) in [6.45, 7) is 5.89. The molecule has 21 heavy (non-hydrogen) atoms. The second-order valence-electron chi connectivity index (χ2n) is 5.75. The first-order chi connectivity index (χ1) is 9.67. The molecular weight excluding hydrogens is 270 g/mol. The number of rotatable bonds is 4. The molecule has 0 fully saturated rings. The van der Waals surface area contributed by atoms with E-state index >= 15 is 0 Å². The van der Waals surface area contributed by atoms with Crippen LogP contribution in [0, 0.1) is 0 Å². The quantitative estimate of drug-likeness (QED) is 0.865. The van der Waals surface area contributed by atoms with Gasteiger partial charge >= 0.3 is 12.1 Å². The molecule has 0 atom stereocenters. The minimum Gasteiger partial charge on any atom is -0.478 e. The SMILES string of the molecule is CN(Cc1ccc(/C=C/C(=O)O)cc1)C(=O)OC(C)(C)C. The maximum Gasteiger partial charge on any atom is 0.410 e. The van der Waals surface area contributed by atoms with Crippen molar-refractivity contribution in [1.29, 1.82) is 0 Å². The van der Waals surface area contributed by atoms with Crippen molar-refractivity contribution in [3.8, 4) is 0 Å². The smallest absolute Gasteiger partial charge is 0.410 e. The van der Waals surface area contributed by atoms with Gasteiger partial charge in [0, 0.05) is 19.7 Å². The Kier molecular flexibility index (Phi) is 5.52. The molecular formula is C16H21NO4. The van der Waals surface area contributed by atoms with E-state index in [4.69, 9.17) is 9.84 Å². The molecule has 0 aliphatic rings. The summed E-state index contributed by atoms with van der Waals surface area (Å²) in [5.74, 6) is -0.983. The molecule has 1 rings (SSSR count). The molecule has 114 valence electrons. The first kappa shape index (κ1) is 16.8. The maximum atomic E-state index is 11.8. The number of hydrogen-bond acceptors (Lipinski definition) is 3. The van der Waals surface area contributed by atoms with Gasteiger partial charge < -0.3 is 14.7 Å². The van der Waals surface area contributed by atoms with Gasteiger partial charge in [0.2, 0.25) is 0 Å². The topological polar surface area (TPSA) is 66.8 Å². The van der Waals surface area contributed by atoms with Crippen LogP contribution in [0.5, 0.6) is 0 Å². The van der Waals surface area contributed by atoms with Crippen molar-refractivity contribution in [2.75, 3.05) is 7.05 Å². The van der Waals surface area contributed by atoms with Crippen molar-refractivity contribution in [3.05, 3.63) is 41.5 Å². The number of ether oxygens (including phenoxy) is 1. The summed E-state index contributed by atoms with van der Waals surface area (Å²) in [4.78, 5) is 23.8. The average Bonchev–Trinajstić information content (AvgIpc) is 2.35. The molecule has 5 heteroatoms. The van der Waals surface area contributed by atoms with Gasteiger partial charge in [0.25, 0.3) is 0 Å². The fourth-order valence-electron chi connectivity index (χ4n) is 1.58. The third-order valence-corrected chi connectivity index (χ3v) is 2.52. The zero-order valence-corrected chi connectivity index (χ0v) is 12.8. The second kappa shape index (κ2) is 6.92. The zero-order chi connectivity index (χ0) is 16.0. The van der Waals surface area contributed by atoms with Gasteiger partial charge in [0.1, 0.15) is 5.60 Å². The van der Waals surface area contributed by atoms with E-state index in [1.165, 1.54) is 11.0 Å². The number of benzene rings is 1. The van der Waals surface area contributed by atoms with Gasteiger partial charge in [-0.15, -0.1) is 0 Å². The van der Waals surface area contributed by atoms with E-state index in [9.17, 15) is 9.59 Å². The highest BCUT2D eigenvalue weighted by molar-refractivity contribution is 5.85. The number of aliphatic carboxylic acids is 1. The normalized spacial score (nSPS) is 11.4. The van der Waals surface area contributed by atoms with Crippen LogP contribution in [0.4, 0.5) is 4.79 Å². The fraction of sp³-hybridized carbons (Fsp3) is 0.375. The van der Waals surface area contributed by atoms with Crippen LogP contribution < -0.4 is 0 Å². The number of amides is 1. The van der Waals surface area contributed by atoms with E-state index in [0.29, 0.717) is 6.54 Å². The Balaban J connectivity index is 2.63. The Bertz CT molecular complexity index is 526. The Labute approximate surface area is 124 Å². The van der Waals surface area contributed by atoms with Crippen LogP contribution in [0.3, 0.4) is 0 Å². The van der Waals surface area contributed by atoms with Crippen molar-refractivity contribution in [1.82, 2.24) is 4.90 Å². The van der Waals surface area contributed by atoms with Gasteiger partial charge in [0.15, 0.2) is 0 Å². The van der Waals surface area contributed by atoms with Crippen molar-refractivity contribution < 1.29 is 19.4 Å². The lowest BCUT2D eigenvalue weighted by atomic mass is 10.1. The Morgan fingerprint density at radius 2 is 1.81 bits per heavy atom. The van der Waals surface area contributed by atoms with Gasteiger partial charge in [-0.1, -0.05) is 24.3 Å². The molecule has 1 aromatic rings. The van der Waals surface area contributed by atoms with Crippen molar-refractivity contribution in [3.63, 3.8) is 0 Å². The number of hydrogen-bond donors (Lipinski definition) is 1. The Morgan fingerprint density at radius 1 is 1.24 bits per heavy atom. The number of carboxylic acids is 1. The van der Waals surface area contributed by atoms with E-state index < -0.39 is 11.6 Å². The van der Waals surface area contributed by atoms with Crippen molar-refractivity contribution >= 4 is 18.1 Å². The van der Waals surface area contributed by atoms with Gasteiger partial charge in [-0.2, -0.15) is 0 Å². The molecule has 1 N–H and O–H groups in total. The first-order valence-corrected chi connectivity index (χ1v) is 6.61. The summed E-state index contributed by atoms with van der Waals surface area (Å²) in [6.07, 6.45) is 2.23. The third kappa shape index (κ3) is 6.61. The molecule has 0 bridgehead atoms. The van der Waals surface area contributed by atoms with Gasteiger partial charge in [-0.3, -0.25) is 0 Å². The molecule has 0 heterocycles. The second-order valence-corrected chi connectivity index (χ2v) is 5.75. The van der Waals surface area contributed by atoms with Crippen LogP contribution in [0.2, 0.25) is 0 Å². The highest BCUT2D eigenvalue weighted by Crippen LogP contribution is 2.12. The average molecular weight is 291 g/mol. The fourth-order valence-corrected chi connectivity index (χ4v) is 1.58. The van der Waals surface area contributed by atoms with Gasteiger partial charge in [-0.25, -0.2) is 9.59 Å². The van der Waals surface area contributed by atoms with Crippen LogP contribution in [0.25, 0.3) is 6.08 Å². The molecule has 0 saturated carbocycles. The monoisotopic (exact) mass is 291 g/mol. The minimum absolute atomic E-state index is 0.377. The maximum absolute atomic E-state index is 11.8. The van der Waals surface area contributed by atoms with Gasteiger partial charge in [-0.05, 0) is 38.0 Å². The van der Waals surface area contributed by atoms with Crippen LogP contribution >= 0.6 is 0 Å². The van der Waals surface area contributed by atoms with Crippen LogP contribution in [0.15, 0.2) is 30.3 Å². The van der Waals surface area contributed by atoms with Crippen molar-refractivity contribution in [2.24, 2.45) is 0 Å². The Morgan fingerprint density at radius 3 is 2.29 bits per heavy atom. The number of carbonyl (C=O) groups excluding carboxylic acids is 1. The third-order valence-electron chi connectivity index (χ3n) is 2.52. The van der Waals surface area contributed by atoms with E-state index in [-0.39, 0.29) is 6.09 Å². The standard InChI is InChI=1S/C16H21NO4/c1-16(2,3)21-15(20)17(4)11-13-7-5-12(6-8-13)9-10-14(18)19/h5-10H,11H2,1-4H3,(H,18,19)/b10-9+. The molecule has 0 aliphatic heterocycles. The minimum atomic E-state index is -0.983. The molecule has 1 amide bonds. The molecule has 0 unspecified atom stereocenters. The summed E-state index contributed by atoms with van der Waals surface area (Å²) in [7, 11) is 1.67. The number of carbonyl (C=O) groups is 2. The number of carboxylic acid groups (broad SMARTS) is 1. The predicted octanol–water partition coefficient (Wildman–Crippen LogP) is 3.15. The lowest BCUT2D eigenvalue weighted by molar-refractivity contribution is -0.131. The van der Waals surface area contributed by atoms with Crippen LogP contribution in [-0.2, 0) is 16.1 Å². The van der Waals surface area contributed by atoms with Crippen LogP contribution in [0.1, 0.15) is 31.9 Å². The number of nitrogens with zero attached hydrogens (tertiary/aromatic N) is 1. The summed E-state index contributed by atoms with van der Waals surface area (Å²) in [6, 6.07) is 7.31. The summed E-state index contributed by atoms with van der Waals surface area (Å²) >= 11 is 0. The van der Waals surface area contributed by atoms with Crippen LogP contribution in [-0.4, -0.2) is 34.7 Å². The molecule has 0 radical (unpaired) electrons. The summed E-state index contributed by atoms with van der Waals surface area (Å²) < 4.78 is 5.27. The molecule has 0 aromatic heterocycles. The largest absolute Gasteiger partial charge is 0.478 e. The summed E-state index contributed by atoms with van der Waals surface area (Å²) in [5.41, 5.74) is 1.22. The molecule has 5 nitrogen and oxygen atoms in total. The predicted molar refractivity (Wildman–Crippen MR) is 80.8 cm³/mol. The van der Waals surface area contributed by atoms with E-state index in [2.05, 4.69) is 0 Å². The zero-order valence-electron chi connectivity index (χ0n) is 12.8. The highest BCUT2D eigenvalue weighted by atomic mass is 16.6. The van der Waals surface area contributed by atoms with E-state index in [0.717, 1.165) is 17.2 Å². The molecule has 1 aromatic carbocycles. The van der Waals surface area contributed by atoms with Crippen molar-refractivity contribution in [2.45, 2.75) is 32.9 Å². The first-order valence-electron chi connectivity index (χ1n) is 6.61. The molecule has 0 spiro atoms. The molecule has 0 aliphatic carbocycles. The highest BCUT2D eigenvalue weighted by Gasteiger charge is 2.19. The van der Waals surface area contributed by atoms with Gasteiger partial charge in [0.05, 0.1) is 0 Å². The lowest BCUT2D eigenvalue weighted by Gasteiger charge is -2.24. The van der Waals surface area contributed by atoms with E-state index in [1.807, 2.05) is 32.9 Å². The Hall–Kier alpha value is -2.30. The molecule has 0 saturated heterocycles.